The van der Waals surface area contributed by atoms with E-state index in [1.807, 2.05) is 48.5 Å². The van der Waals surface area contributed by atoms with Crippen molar-refractivity contribution >= 4 is 98.9 Å². The zero-order valence-electron chi connectivity index (χ0n) is 34.3. The van der Waals surface area contributed by atoms with E-state index in [9.17, 15) is 24.0 Å². The van der Waals surface area contributed by atoms with Gasteiger partial charge in [-0.3, -0.25) is 33.9 Å². The number of halogens is 4. The van der Waals surface area contributed by atoms with Crippen LogP contribution in [-0.4, -0.2) is 92.1 Å². The fourth-order valence-electron chi connectivity index (χ4n) is 6.36. The second-order valence-electron chi connectivity index (χ2n) is 14.1. The van der Waals surface area contributed by atoms with Gasteiger partial charge in [0.25, 0.3) is 11.8 Å². The third kappa shape index (κ3) is 15.6. The number of carbonyl (C=O) groups excluding carboxylic acids is 5. The molecule has 5 amide bonds. The molecule has 0 spiro atoms. The molecule has 3 heterocycles. The minimum atomic E-state index is -0.807. The predicted octanol–water partition coefficient (Wildman–Crippen LogP) is 5.82. The van der Waals surface area contributed by atoms with Gasteiger partial charge in [-0.05, 0) is 48.0 Å². The number of nitrogens with one attached hydrogen (secondary N) is 4. The summed E-state index contributed by atoms with van der Waals surface area (Å²) in [5.74, 6) is 4.01. The van der Waals surface area contributed by atoms with E-state index in [-0.39, 0.29) is 95.0 Å². The first-order chi connectivity index (χ1) is 30.6. The Morgan fingerprint density at radius 2 is 1.11 bits per heavy atom. The van der Waals surface area contributed by atoms with Crippen molar-refractivity contribution in [3.8, 4) is 11.8 Å². The first-order valence-corrected chi connectivity index (χ1v) is 24.6. The third-order valence-electron chi connectivity index (χ3n) is 9.55. The van der Waals surface area contributed by atoms with Crippen molar-refractivity contribution < 1.29 is 33.4 Å². The number of ether oxygens (including phenoxy) is 2. The van der Waals surface area contributed by atoms with Crippen molar-refractivity contribution in [2.75, 3.05) is 57.5 Å². The normalized spacial score (nSPS) is 11.6. The van der Waals surface area contributed by atoms with E-state index in [0.717, 1.165) is 22.4 Å². The van der Waals surface area contributed by atoms with Gasteiger partial charge in [0.05, 0.1) is 67.4 Å². The Morgan fingerprint density at radius 3 is 1.67 bits per heavy atom. The first-order valence-electron chi connectivity index (χ1n) is 20.1. The molecule has 1 aliphatic heterocycles. The number of amides is 5. The smallest absolute Gasteiger partial charge is 0.251 e. The molecule has 0 bridgehead atoms. The van der Waals surface area contributed by atoms with Crippen molar-refractivity contribution in [1.29, 1.82) is 0 Å². The number of alkyl halides is 4. The van der Waals surface area contributed by atoms with E-state index in [2.05, 4.69) is 107 Å². The third-order valence-corrected chi connectivity index (χ3v) is 11.8. The molecule has 332 valence electrons. The quantitative estimate of drug-likeness (QED) is 0.0404. The van der Waals surface area contributed by atoms with Crippen molar-refractivity contribution in [2.24, 2.45) is 5.92 Å². The lowest BCUT2D eigenvalue weighted by molar-refractivity contribution is -0.125. The van der Waals surface area contributed by atoms with E-state index in [4.69, 9.17) is 9.47 Å². The molecule has 5 rings (SSSR count). The van der Waals surface area contributed by atoms with Crippen LogP contribution < -0.4 is 26.2 Å². The van der Waals surface area contributed by atoms with Crippen molar-refractivity contribution in [2.45, 2.75) is 40.7 Å². The van der Waals surface area contributed by atoms with E-state index in [1.54, 1.807) is 29.2 Å². The fourth-order valence-corrected chi connectivity index (χ4v) is 7.50. The van der Waals surface area contributed by atoms with Crippen LogP contribution in [0.1, 0.15) is 73.0 Å². The number of carbonyl (C=O) groups is 5. The number of hydrogen-bond donors (Lipinski definition) is 4. The minimum absolute atomic E-state index is 0.0294. The van der Waals surface area contributed by atoms with Crippen LogP contribution in [0.3, 0.4) is 0 Å². The SMILES string of the molecule is O=C(CCC(=O)N1Cc2ccccc2C#Cc2ccccc21)NCCOCCOCCNC(=O)C(CNC(=O)c1cc(CBr)nc(CBr)c1)CNC(=O)c1cc(CBr)nc(CBr)c1. The summed E-state index contributed by atoms with van der Waals surface area (Å²) in [5.41, 5.74) is 6.84. The molecule has 2 aromatic carbocycles. The standard InChI is InChI=1S/C45H47Br4N7O7/c46-23-36-19-33(20-37(24-47)54-36)43(59)52-27-35(28-53-44(60)34-21-38(25-48)55-39(22-34)26-49)45(61)51-14-16-63-18-17-62-15-13-50-41(57)11-12-42(58)56-29-32-7-2-1-5-30(32)9-10-31-6-3-4-8-40(31)56/h1-8,19-22,35H,11-18,23-29H2,(H,50,57)(H,51,61)(H,52,59)(H,53,60). The summed E-state index contributed by atoms with van der Waals surface area (Å²) < 4.78 is 11.2. The van der Waals surface area contributed by atoms with E-state index in [0.29, 0.717) is 61.8 Å². The Kier molecular flexibility index (Phi) is 20.7. The number of hydrogen-bond acceptors (Lipinski definition) is 9. The van der Waals surface area contributed by atoms with Crippen LogP contribution in [0.15, 0.2) is 72.8 Å². The van der Waals surface area contributed by atoms with Crippen LogP contribution >= 0.6 is 63.7 Å². The van der Waals surface area contributed by atoms with Gasteiger partial charge in [0.2, 0.25) is 17.7 Å². The number of pyridine rings is 2. The minimum Gasteiger partial charge on any atom is -0.377 e. The van der Waals surface area contributed by atoms with Crippen molar-refractivity contribution in [1.82, 2.24) is 31.2 Å². The average molecular weight is 1120 g/mol. The zero-order valence-corrected chi connectivity index (χ0v) is 40.7. The van der Waals surface area contributed by atoms with Gasteiger partial charge < -0.3 is 35.6 Å². The van der Waals surface area contributed by atoms with Gasteiger partial charge in [0.1, 0.15) is 0 Å². The van der Waals surface area contributed by atoms with Gasteiger partial charge in [0.15, 0.2) is 0 Å². The lowest BCUT2D eigenvalue weighted by Gasteiger charge is -2.26. The second-order valence-corrected chi connectivity index (χ2v) is 16.3. The van der Waals surface area contributed by atoms with E-state index >= 15 is 0 Å². The van der Waals surface area contributed by atoms with E-state index < -0.39 is 5.92 Å². The Bertz CT molecular complexity index is 2190. The molecule has 0 saturated heterocycles. The number of rotatable bonds is 23. The summed E-state index contributed by atoms with van der Waals surface area (Å²) in [6, 6.07) is 21.9. The summed E-state index contributed by atoms with van der Waals surface area (Å²) in [5, 5.41) is 13.2. The monoisotopic (exact) mass is 1110 g/mol. The van der Waals surface area contributed by atoms with Gasteiger partial charge >= 0.3 is 0 Å². The van der Waals surface area contributed by atoms with Gasteiger partial charge in [-0.2, -0.15) is 0 Å². The van der Waals surface area contributed by atoms with Crippen molar-refractivity contribution in [3.05, 3.63) is 123 Å². The highest BCUT2D eigenvalue weighted by molar-refractivity contribution is 9.09. The highest BCUT2D eigenvalue weighted by atomic mass is 79.9. The largest absolute Gasteiger partial charge is 0.377 e. The molecule has 0 saturated carbocycles. The lowest BCUT2D eigenvalue weighted by Crippen LogP contribution is -2.45. The number of benzene rings is 2. The van der Waals surface area contributed by atoms with Crippen LogP contribution in [0.5, 0.6) is 0 Å². The van der Waals surface area contributed by atoms with Crippen LogP contribution in [0.25, 0.3) is 0 Å². The highest BCUT2D eigenvalue weighted by Crippen LogP contribution is 2.26. The Morgan fingerprint density at radius 1 is 0.619 bits per heavy atom. The molecule has 18 heteroatoms. The number of aromatic nitrogens is 2. The van der Waals surface area contributed by atoms with Gasteiger partial charge in [-0.1, -0.05) is 106 Å². The number of anilines is 1. The predicted molar refractivity (Wildman–Crippen MR) is 254 cm³/mol. The maximum Gasteiger partial charge on any atom is 0.251 e. The van der Waals surface area contributed by atoms with Crippen LogP contribution in [0.4, 0.5) is 5.69 Å². The number of nitrogens with zero attached hydrogens (tertiary/aromatic N) is 3. The maximum absolute atomic E-state index is 13.4. The second kappa shape index (κ2) is 26.3. The molecule has 0 radical (unpaired) electrons. The molecule has 0 unspecified atom stereocenters. The molecule has 0 fully saturated rings. The molecular weight excluding hydrogens is 1070 g/mol. The Balaban J connectivity index is 1.01. The van der Waals surface area contributed by atoms with E-state index in [1.165, 1.54) is 0 Å². The lowest BCUT2D eigenvalue weighted by atomic mass is 10.0. The average Bonchev–Trinajstić information content (AvgIpc) is 3.31. The fraction of sp³-hybridized carbons (Fsp3) is 0.356. The summed E-state index contributed by atoms with van der Waals surface area (Å²) >= 11 is 13.6. The summed E-state index contributed by atoms with van der Waals surface area (Å²) in [6.07, 6.45) is 0.0669. The number of para-hydroxylation sites is 1. The summed E-state index contributed by atoms with van der Waals surface area (Å²) in [7, 11) is 0. The molecule has 0 atom stereocenters. The van der Waals surface area contributed by atoms with Gasteiger partial charge in [-0.25, -0.2) is 0 Å². The van der Waals surface area contributed by atoms with Crippen molar-refractivity contribution in [3.63, 3.8) is 0 Å². The Hall–Kier alpha value is -4.51. The Labute approximate surface area is 400 Å². The van der Waals surface area contributed by atoms with Crippen LogP contribution in [-0.2, 0) is 51.7 Å². The molecule has 0 aliphatic carbocycles. The van der Waals surface area contributed by atoms with Crippen LogP contribution in [0.2, 0.25) is 0 Å². The topological polar surface area (TPSA) is 181 Å². The van der Waals surface area contributed by atoms with Gasteiger partial charge in [0, 0.05) is 82.6 Å². The molecular formula is C45H47Br4N7O7. The van der Waals surface area contributed by atoms with Crippen LogP contribution in [0, 0.1) is 17.8 Å². The number of fused-ring (bicyclic) bond motifs is 2. The molecule has 1 aliphatic rings. The summed E-state index contributed by atoms with van der Waals surface area (Å²) in [6.45, 7) is 1.65. The molecule has 2 aromatic heterocycles. The summed E-state index contributed by atoms with van der Waals surface area (Å²) in [4.78, 5) is 76.4. The first kappa shape index (κ1) is 49.5. The molecule has 63 heavy (non-hydrogen) atoms. The van der Waals surface area contributed by atoms with Gasteiger partial charge in [-0.15, -0.1) is 0 Å². The molecule has 4 aromatic rings. The molecule has 14 nitrogen and oxygen atoms in total. The zero-order chi connectivity index (χ0) is 45.0. The molecule has 4 N–H and O–H groups in total. The maximum atomic E-state index is 13.4. The highest BCUT2D eigenvalue weighted by Gasteiger charge is 2.23.